The molecule has 0 bridgehead atoms. The minimum absolute atomic E-state index is 0.0221. The van der Waals surface area contributed by atoms with E-state index in [0.717, 1.165) is 6.42 Å². The third-order valence-corrected chi connectivity index (χ3v) is 3.68. The number of carbonyl (C=O) groups excluding carboxylic acids is 1. The lowest BCUT2D eigenvalue weighted by Gasteiger charge is -2.30. The highest BCUT2D eigenvalue weighted by atomic mass is 16.4. The van der Waals surface area contributed by atoms with Gasteiger partial charge in [-0.2, -0.15) is 0 Å². The first kappa shape index (κ1) is 18.9. The molecule has 0 aromatic heterocycles. The molecule has 0 aromatic rings. The zero-order valence-electron chi connectivity index (χ0n) is 13.2. The average Bonchev–Trinajstić information content (AvgIpc) is 2.31. The van der Waals surface area contributed by atoms with Gasteiger partial charge in [-0.3, -0.25) is 9.59 Å². The maximum Gasteiger partial charge on any atom is 0.303 e. The van der Waals surface area contributed by atoms with E-state index in [-0.39, 0.29) is 29.6 Å². The Labute approximate surface area is 122 Å². The first-order valence-electron chi connectivity index (χ1n) is 7.35. The van der Waals surface area contributed by atoms with Crippen molar-refractivity contribution in [3.63, 3.8) is 0 Å². The van der Waals surface area contributed by atoms with E-state index in [0.29, 0.717) is 25.9 Å². The van der Waals surface area contributed by atoms with Crippen LogP contribution in [-0.4, -0.2) is 30.1 Å². The molecule has 0 saturated carbocycles. The van der Waals surface area contributed by atoms with Gasteiger partial charge in [-0.1, -0.05) is 27.7 Å². The second kappa shape index (κ2) is 8.95. The molecule has 0 heterocycles. The third kappa shape index (κ3) is 8.91. The van der Waals surface area contributed by atoms with Crippen LogP contribution in [0.3, 0.4) is 0 Å². The van der Waals surface area contributed by atoms with Gasteiger partial charge in [-0.15, -0.1) is 0 Å². The summed E-state index contributed by atoms with van der Waals surface area (Å²) in [5.41, 5.74) is 5.53. The molecule has 2 atom stereocenters. The molecule has 0 spiro atoms. The summed E-state index contributed by atoms with van der Waals surface area (Å²) in [6.45, 7) is 9.38. The van der Waals surface area contributed by atoms with Gasteiger partial charge >= 0.3 is 5.97 Å². The molecule has 2 unspecified atom stereocenters. The summed E-state index contributed by atoms with van der Waals surface area (Å²) in [5.74, 6) is -0.264. The predicted octanol–water partition coefficient (Wildman–Crippen LogP) is 2.00. The van der Waals surface area contributed by atoms with Crippen molar-refractivity contribution < 1.29 is 14.7 Å². The Morgan fingerprint density at radius 3 is 2.30 bits per heavy atom. The van der Waals surface area contributed by atoms with Crippen LogP contribution in [0.5, 0.6) is 0 Å². The van der Waals surface area contributed by atoms with E-state index in [1.165, 1.54) is 0 Å². The van der Waals surface area contributed by atoms with Crippen molar-refractivity contribution in [1.82, 2.24) is 5.32 Å². The van der Waals surface area contributed by atoms with Crippen molar-refractivity contribution in [2.45, 2.75) is 53.4 Å². The van der Waals surface area contributed by atoms with Crippen molar-refractivity contribution in [2.24, 2.45) is 23.0 Å². The quantitative estimate of drug-likeness (QED) is 0.604. The summed E-state index contributed by atoms with van der Waals surface area (Å²) in [4.78, 5) is 22.3. The molecule has 0 aromatic carbocycles. The van der Waals surface area contributed by atoms with E-state index in [4.69, 9.17) is 10.8 Å². The molecule has 0 radical (unpaired) electrons. The van der Waals surface area contributed by atoms with Gasteiger partial charge in [0.1, 0.15) is 0 Å². The molecule has 0 aliphatic carbocycles. The normalized spacial score (nSPS) is 14.7. The largest absolute Gasteiger partial charge is 0.481 e. The van der Waals surface area contributed by atoms with Crippen molar-refractivity contribution >= 4 is 11.9 Å². The number of aliphatic carboxylic acids is 1. The van der Waals surface area contributed by atoms with Crippen molar-refractivity contribution in [1.29, 1.82) is 0 Å². The average molecular weight is 286 g/mol. The summed E-state index contributed by atoms with van der Waals surface area (Å²) in [6.07, 6.45) is 2.08. The summed E-state index contributed by atoms with van der Waals surface area (Å²) in [6, 6.07) is 0. The number of carbonyl (C=O) groups is 2. The molecule has 1 amide bonds. The molecule has 0 aliphatic rings. The molecule has 0 rings (SSSR count). The molecular weight excluding hydrogens is 256 g/mol. The molecule has 20 heavy (non-hydrogen) atoms. The Balaban J connectivity index is 4.14. The third-order valence-electron chi connectivity index (χ3n) is 3.68. The Kier molecular flexibility index (Phi) is 8.46. The number of hydrogen-bond acceptors (Lipinski definition) is 3. The van der Waals surface area contributed by atoms with Crippen molar-refractivity contribution in [3.05, 3.63) is 0 Å². The van der Waals surface area contributed by atoms with Crippen LogP contribution in [0, 0.1) is 17.3 Å². The maximum absolute atomic E-state index is 11.6. The fraction of sp³-hybridized carbons (Fsp3) is 0.867. The first-order chi connectivity index (χ1) is 9.16. The summed E-state index contributed by atoms with van der Waals surface area (Å²) in [5, 5.41) is 11.7. The second-order valence-corrected chi connectivity index (χ2v) is 6.68. The van der Waals surface area contributed by atoms with E-state index >= 15 is 0 Å². The summed E-state index contributed by atoms with van der Waals surface area (Å²) < 4.78 is 0. The Morgan fingerprint density at radius 2 is 1.85 bits per heavy atom. The molecule has 118 valence electrons. The minimum atomic E-state index is -0.764. The highest BCUT2D eigenvalue weighted by Crippen LogP contribution is 2.32. The number of hydrogen-bond donors (Lipinski definition) is 3. The molecule has 0 saturated heterocycles. The molecule has 0 aliphatic heterocycles. The standard InChI is InChI=1S/C15H30N2O3/c1-11(10-16)9-13(18)17-8-7-12(15(2,3)4)5-6-14(19)20/h11-12H,5-10,16H2,1-4H3,(H,17,18)(H,19,20). The van der Waals surface area contributed by atoms with Gasteiger partial charge in [0.05, 0.1) is 0 Å². The zero-order chi connectivity index (χ0) is 15.8. The van der Waals surface area contributed by atoms with Crippen molar-refractivity contribution in [2.75, 3.05) is 13.1 Å². The lowest BCUT2D eigenvalue weighted by atomic mass is 9.76. The smallest absolute Gasteiger partial charge is 0.303 e. The maximum atomic E-state index is 11.6. The summed E-state index contributed by atoms with van der Waals surface area (Å²) >= 11 is 0. The van der Waals surface area contributed by atoms with Crippen LogP contribution in [0.1, 0.15) is 53.4 Å². The fourth-order valence-electron chi connectivity index (χ4n) is 2.17. The van der Waals surface area contributed by atoms with Crippen LogP contribution in [0.25, 0.3) is 0 Å². The van der Waals surface area contributed by atoms with Gasteiger partial charge in [0.25, 0.3) is 0 Å². The minimum Gasteiger partial charge on any atom is -0.481 e. The van der Waals surface area contributed by atoms with Crippen LogP contribution in [0.4, 0.5) is 0 Å². The van der Waals surface area contributed by atoms with E-state index in [2.05, 4.69) is 26.1 Å². The molecule has 5 heteroatoms. The van der Waals surface area contributed by atoms with Gasteiger partial charge in [-0.25, -0.2) is 0 Å². The van der Waals surface area contributed by atoms with Gasteiger partial charge < -0.3 is 16.2 Å². The van der Waals surface area contributed by atoms with Gasteiger partial charge in [0.2, 0.25) is 5.91 Å². The van der Waals surface area contributed by atoms with E-state index in [9.17, 15) is 9.59 Å². The highest BCUT2D eigenvalue weighted by molar-refractivity contribution is 5.76. The lowest BCUT2D eigenvalue weighted by Crippen LogP contribution is -2.31. The van der Waals surface area contributed by atoms with E-state index in [1.807, 2.05) is 6.92 Å². The van der Waals surface area contributed by atoms with E-state index < -0.39 is 5.97 Å². The monoisotopic (exact) mass is 286 g/mol. The van der Waals surface area contributed by atoms with E-state index in [1.54, 1.807) is 0 Å². The SMILES string of the molecule is CC(CN)CC(=O)NCCC(CCC(=O)O)C(C)(C)C. The molecule has 0 fully saturated rings. The molecule has 4 N–H and O–H groups in total. The Morgan fingerprint density at radius 1 is 1.25 bits per heavy atom. The highest BCUT2D eigenvalue weighted by Gasteiger charge is 2.24. The number of nitrogens with one attached hydrogen (secondary N) is 1. The molecular formula is C15H30N2O3. The number of amides is 1. The zero-order valence-corrected chi connectivity index (χ0v) is 13.2. The van der Waals surface area contributed by atoms with Gasteiger partial charge in [-0.05, 0) is 36.6 Å². The van der Waals surface area contributed by atoms with Crippen LogP contribution in [0.15, 0.2) is 0 Å². The Bertz CT molecular complexity index is 311. The van der Waals surface area contributed by atoms with Crippen molar-refractivity contribution in [3.8, 4) is 0 Å². The lowest BCUT2D eigenvalue weighted by molar-refractivity contribution is -0.137. The number of carboxylic acid groups (broad SMARTS) is 1. The topological polar surface area (TPSA) is 92.4 Å². The van der Waals surface area contributed by atoms with Crippen LogP contribution < -0.4 is 11.1 Å². The Hall–Kier alpha value is -1.10. The first-order valence-corrected chi connectivity index (χ1v) is 7.35. The number of rotatable bonds is 9. The summed E-state index contributed by atoms with van der Waals surface area (Å²) in [7, 11) is 0. The number of carboxylic acids is 1. The van der Waals surface area contributed by atoms with Crippen LogP contribution >= 0.6 is 0 Å². The van der Waals surface area contributed by atoms with Crippen LogP contribution in [-0.2, 0) is 9.59 Å². The fourth-order valence-corrected chi connectivity index (χ4v) is 2.17. The van der Waals surface area contributed by atoms with Gasteiger partial charge in [0, 0.05) is 19.4 Å². The molecule has 5 nitrogen and oxygen atoms in total. The second-order valence-electron chi connectivity index (χ2n) is 6.68. The van der Waals surface area contributed by atoms with Crippen LogP contribution in [0.2, 0.25) is 0 Å². The predicted molar refractivity (Wildman–Crippen MR) is 80.3 cm³/mol. The van der Waals surface area contributed by atoms with Gasteiger partial charge in [0.15, 0.2) is 0 Å². The number of nitrogens with two attached hydrogens (primary N) is 1.